The van der Waals surface area contributed by atoms with Crippen LogP contribution in [0.2, 0.25) is 5.02 Å². The second-order valence-electron chi connectivity index (χ2n) is 2.96. The SMILES string of the molecule is CS(=O)(=O)Nc1c(C(=O)O)ccc(Cl)c1F. The van der Waals surface area contributed by atoms with Gasteiger partial charge >= 0.3 is 5.97 Å². The third-order valence-electron chi connectivity index (χ3n) is 1.61. The maximum atomic E-state index is 13.4. The molecule has 0 aliphatic heterocycles. The lowest BCUT2D eigenvalue weighted by atomic mass is 10.2. The van der Waals surface area contributed by atoms with Gasteiger partial charge in [0, 0.05) is 0 Å². The number of aromatic carboxylic acids is 1. The molecule has 0 bridgehead atoms. The zero-order valence-corrected chi connectivity index (χ0v) is 9.56. The first kappa shape index (κ1) is 12.7. The highest BCUT2D eigenvalue weighted by Gasteiger charge is 2.19. The van der Waals surface area contributed by atoms with E-state index in [2.05, 4.69) is 0 Å². The van der Waals surface area contributed by atoms with Crippen molar-refractivity contribution in [3.05, 3.63) is 28.5 Å². The van der Waals surface area contributed by atoms with Gasteiger partial charge in [-0.1, -0.05) is 11.6 Å². The average molecular weight is 268 g/mol. The normalized spacial score (nSPS) is 11.2. The summed E-state index contributed by atoms with van der Waals surface area (Å²) < 4.78 is 37.1. The summed E-state index contributed by atoms with van der Waals surface area (Å²) >= 11 is 5.42. The molecular weight excluding hydrogens is 261 g/mol. The number of carboxylic acid groups (broad SMARTS) is 1. The number of hydrogen-bond acceptors (Lipinski definition) is 3. The average Bonchev–Trinajstić information content (AvgIpc) is 2.10. The van der Waals surface area contributed by atoms with Gasteiger partial charge in [0.05, 0.1) is 16.8 Å². The van der Waals surface area contributed by atoms with Crippen molar-refractivity contribution >= 4 is 33.3 Å². The van der Waals surface area contributed by atoms with Crippen LogP contribution in [0.1, 0.15) is 10.4 Å². The molecule has 0 aromatic heterocycles. The van der Waals surface area contributed by atoms with Gasteiger partial charge < -0.3 is 5.11 Å². The molecule has 0 radical (unpaired) electrons. The van der Waals surface area contributed by atoms with Crippen molar-refractivity contribution in [2.24, 2.45) is 0 Å². The number of nitrogens with one attached hydrogen (secondary N) is 1. The monoisotopic (exact) mass is 267 g/mol. The Morgan fingerprint density at radius 2 is 2.06 bits per heavy atom. The van der Waals surface area contributed by atoms with E-state index in [-0.39, 0.29) is 5.02 Å². The fourth-order valence-electron chi connectivity index (χ4n) is 1.01. The van der Waals surface area contributed by atoms with Gasteiger partial charge in [-0.25, -0.2) is 17.6 Å². The van der Waals surface area contributed by atoms with Gasteiger partial charge in [0.15, 0.2) is 5.82 Å². The molecule has 0 heterocycles. The fraction of sp³-hybridized carbons (Fsp3) is 0.125. The lowest BCUT2D eigenvalue weighted by Gasteiger charge is -2.09. The molecule has 16 heavy (non-hydrogen) atoms. The number of carboxylic acids is 1. The maximum absolute atomic E-state index is 13.4. The van der Waals surface area contributed by atoms with Crippen LogP contribution in [0, 0.1) is 5.82 Å². The van der Waals surface area contributed by atoms with Crippen LogP contribution in [0.25, 0.3) is 0 Å². The number of rotatable bonds is 3. The summed E-state index contributed by atoms with van der Waals surface area (Å²) in [6, 6.07) is 2.05. The molecule has 0 aliphatic rings. The molecule has 88 valence electrons. The van der Waals surface area contributed by atoms with Crippen molar-refractivity contribution < 1.29 is 22.7 Å². The highest BCUT2D eigenvalue weighted by Crippen LogP contribution is 2.27. The van der Waals surface area contributed by atoms with Gasteiger partial charge in [0.25, 0.3) is 0 Å². The quantitative estimate of drug-likeness (QED) is 0.870. The molecule has 1 rings (SSSR count). The Kier molecular flexibility index (Phi) is 3.39. The first-order chi connectivity index (χ1) is 7.22. The largest absolute Gasteiger partial charge is 0.478 e. The van der Waals surface area contributed by atoms with E-state index in [1.165, 1.54) is 0 Å². The molecule has 8 heteroatoms. The molecule has 1 aromatic rings. The first-order valence-corrected chi connectivity index (χ1v) is 6.18. The molecule has 2 N–H and O–H groups in total. The predicted octanol–water partition coefficient (Wildman–Crippen LogP) is 1.55. The predicted molar refractivity (Wildman–Crippen MR) is 56.8 cm³/mol. The maximum Gasteiger partial charge on any atom is 0.337 e. The van der Waals surface area contributed by atoms with Crippen LogP contribution in [0.15, 0.2) is 12.1 Å². The van der Waals surface area contributed by atoms with Crippen LogP contribution in [-0.2, 0) is 10.0 Å². The summed E-state index contributed by atoms with van der Waals surface area (Å²) in [6.45, 7) is 0. The van der Waals surface area contributed by atoms with E-state index in [4.69, 9.17) is 16.7 Å². The third-order valence-corrected chi connectivity index (χ3v) is 2.48. The number of anilines is 1. The Balaban J connectivity index is 3.44. The Morgan fingerprint density at radius 1 is 1.50 bits per heavy atom. The zero-order chi connectivity index (χ0) is 12.5. The number of sulfonamides is 1. The Hall–Kier alpha value is -1.34. The highest BCUT2D eigenvalue weighted by atomic mass is 35.5. The molecule has 0 aliphatic carbocycles. The van der Waals surface area contributed by atoms with Crippen molar-refractivity contribution in [3.63, 3.8) is 0 Å². The van der Waals surface area contributed by atoms with Crippen molar-refractivity contribution in [1.29, 1.82) is 0 Å². The molecule has 0 atom stereocenters. The van der Waals surface area contributed by atoms with Crippen LogP contribution in [0.4, 0.5) is 10.1 Å². The van der Waals surface area contributed by atoms with Crippen LogP contribution in [-0.4, -0.2) is 25.7 Å². The number of hydrogen-bond donors (Lipinski definition) is 2. The summed E-state index contributed by atoms with van der Waals surface area (Å²) in [4.78, 5) is 10.7. The number of benzene rings is 1. The summed E-state index contributed by atoms with van der Waals surface area (Å²) in [7, 11) is -3.78. The van der Waals surface area contributed by atoms with Gasteiger partial charge in [-0.15, -0.1) is 0 Å². The summed E-state index contributed by atoms with van der Waals surface area (Å²) in [6.07, 6.45) is 0.777. The van der Waals surface area contributed by atoms with Crippen molar-refractivity contribution in [1.82, 2.24) is 0 Å². The summed E-state index contributed by atoms with van der Waals surface area (Å²) in [5.74, 6) is -2.58. The van der Waals surface area contributed by atoms with E-state index in [0.717, 1.165) is 18.4 Å². The van der Waals surface area contributed by atoms with Crippen LogP contribution < -0.4 is 4.72 Å². The molecule has 1 aromatic carbocycles. The van der Waals surface area contributed by atoms with Gasteiger partial charge in [-0.3, -0.25) is 4.72 Å². The molecule has 5 nitrogen and oxygen atoms in total. The fourth-order valence-corrected chi connectivity index (χ4v) is 1.74. The van der Waals surface area contributed by atoms with Gasteiger partial charge in [0.1, 0.15) is 5.69 Å². The number of halogens is 2. The molecular formula is C8H7ClFNO4S. The van der Waals surface area contributed by atoms with E-state index in [1.54, 1.807) is 4.72 Å². The topological polar surface area (TPSA) is 83.5 Å². The molecule has 0 unspecified atom stereocenters. The molecule has 0 saturated carbocycles. The van der Waals surface area contributed by atoms with E-state index >= 15 is 0 Å². The Bertz CT molecular complexity index is 543. The van der Waals surface area contributed by atoms with Gasteiger partial charge in [0.2, 0.25) is 10.0 Å². The molecule has 0 saturated heterocycles. The second kappa shape index (κ2) is 4.26. The van der Waals surface area contributed by atoms with Crippen LogP contribution in [0.3, 0.4) is 0 Å². The second-order valence-corrected chi connectivity index (χ2v) is 5.12. The van der Waals surface area contributed by atoms with Crippen molar-refractivity contribution in [2.75, 3.05) is 11.0 Å². The molecule has 0 amide bonds. The minimum atomic E-state index is -3.78. The van der Waals surface area contributed by atoms with E-state index < -0.39 is 33.1 Å². The molecule has 0 spiro atoms. The standard InChI is InChI=1S/C8H7ClFNO4S/c1-16(14,15)11-7-4(8(12)13)2-3-5(9)6(7)10/h2-3,11H,1H3,(H,12,13). The highest BCUT2D eigenvalue weighted by molar-refractivity contribution is 7.92. The van der Waals surface area contributed by atoms with E-state index in [9.17, 15) is 17.6 Å². The van der Waals surface area contributed by atoms with E-state index in [1.807, 2.05) is 0 Å². The first-order valence-electron chi connectivity index (χ1n) is 3.91. The van der Waals surface area contributed by atoms with Gasteiger partial charge in [-0.05, 0) is 12.1 Å². The van der Waals surface area contributed by atoms with Crippen LogP contribution in [0.5, 0.6) is 0 Å². The Labute approximate surface area is 95.9 Å². The number of carbonyl (C=O) groups is 1. The smallest absolute Gasteiger partial charge is 0.337 e. The van der Waals surface area contributed by atoms with E-state index in [0.29, 0.717) is 0 Å². The van der Waals surface area contributed by atoms with Crippen molar-refractivity contribution in [2.45, 2.75) is 0 Å². The lowest BCUT2D eigenvalue weighted by molar-refractivity contribution is 0.0697. The van der Waals surface area contributed by atoms with Gasteiger partial charge in [-0.2, -0.15) is 0 Å². The Morgan fingerprint density at radius 3 is 2.50 bits per heavy atom. The summed E-state index contributed by atoms with van der Waals surface area (Å²) in [5.41, 5.74) is -1.17. The zero-order valence-electron chi connectivity index (χ0n) is 7.99. The molecule has 0 fully saturated rings. The summed E-state index contributed by atoms with van der Waals surface area (Å²) in [5, 5.41) is 8.37. The minimum absolute atomic E-state index is 0.365. The lowest BCUT2D eigenvalue weighted by Crippen LogP contribution is -2.15. The minimum Gasteiger partial charge on any atom is -0.478 e. The third kappa shape index (κ3) is 2.83. The van der Waals surface area contributed by atoms with Crippen molar-refractivity contribution in [3.8, 4) is 0 Å². The van der Waals surface area contributed by atoms with Crippen LogP contribution >= 0.6 is 11.6 Å².